The van der Waals surface area contributed by atoms with Gasteiger partial charge in [-0.15, -0.1) is 0 Å². The van der Waals surface area contributed by atoms with Gasteiger partial charge in [0, 0.05) is 33.2 Å². The standard InChI is InChI=1S/C33H20N2O2.C2H6/c36-19-21-13-15-26-29(17-21)30-18-22(20-37)14-16-27(30)32-31(26)34-33(35(32)24-9-2-1-3-10-24)28-12-6-8-23-7-4-5-11-25(23)28;1-2/h1-20H;1-2H3. The lowest BCUT2D eigenvalue weighted by Crippen LogP contribution is -1.98. The molecule has 0 aliphatic carbocycles. The number of para-hydroxylation sites is 1. The summed E-state index contributed by atoms with van der Waals surface area (Å²) < 4.78 is 2.22. The molecule has 0 bridgehead atoms. The van der Waals surface area contributed by atoms with Crippen LogP contribution in [0.4, 0.5) is 0 Å². The Labute approximate surface area is 226 Å². The van der Waals surface area contributed by atoms with E-state index in [0.717, 1.165) is 73.0 Å². The van der Waals surface area contributed by atoms with Crippen molar-refractivity contribution in [1.82, 2.24) is 9.55 Å². The fourth-order valence-electron chi connectivity index (χ4n) is 5.41. The molecular formula is C35H26N2O2. The van der Waals surface area contributed by atoms with E-state index in [9.17, 15) is 9.59 Å². The van der Waals surface area contributed by atoms with Crippen molar-refractivity contribution in [1.29, 1.82) is 0 Å². The molecule has 4 heteroatoms. The number of carbonyl (C=O) groups excluding carboxylic acids is 2. The number of imidazole rings is 1. The lowest BCUT2D eigenvalue weighted by Gasteiger charge is -2.14. The summed E-state index contributed by atoms with van der Waals surface area (Å²) in [5.41, 5.74) is 5.02. The van der Waals surface area contributed by atoms with Gasteiger partial charge in [0.05, 0.1) is 11.0 Å². The molecule has 0 amide bonds. The molecule has 1 aromatic heterocycles. The first-order chi connectivity index (χ1) is 19.3. The summed E-state index contributed by atoms with van der Waals surface area (Å²) in [5, 5.41) is 5.99. The molecule has 0 aliphatic rings. The van der Waals surface area contributed by atoms with Crippen molar-refractivity contribution < 1.29 is 9.59 Å². The summed E-state index contributed by atoms with van der Waals surface area (Å²) in [4.78, 5) is 28.6. The molecule has 39 heavy (non-hydrogen) atoms. The predicted molar refractivity (Wildman–Crippen MR) is 161 cm³/mol. The molecule has 0 fully saturated rings. The number of hydrogen-bond acceptors (Lipinski definition) is 3. The number of hydrogen-bond donors (Lipinski definition) is 0. The van der Waals surface area contributed by atoms with Crippen molar-refractivity contribution in [3.8, 4) is 17.1 Å². The minimum atomic E-state index is 0.585. The Morgan fingerprint density at radius 3 is 1.92 bits per heavy atom. The average Bonchev–Trinajstić information content (AvgIpc) is 3.42. The van der Waals surface area contributed by atoms with E-state index in [1.165, 1.54) is 0 Å². The number of nitrogens with zero attached hydrogens (tertiary/aromatic N) is 2. The van der Waals surface area contributed by atoms with Gasteiger partial charge in [0.15, 0.2) is 0 Å². The van der Waals surface area contributed by atoms with E-state index in [1.807, 2.05) is 80.6 Å². The number of benzene rings is 6. The van der Waals surface area contributed by atoms with E-state index in [0.29, 0.717) is 11.1 Å². The summed E-state index contributed by atoms with van der Waals surface area (Å²) in [6, 6.07) is 36.2. The van der Waals surface area contributed by atoms with Crippen LogP contribution in [-0.2, 0) is 0 Å². The van der Waals surface area contributed by atoms with Crippen molar-refractivity contribution in [2.45, 2.75) is 13.8 Å². The van der Waals surface area contributed by atoms with E-state index in [4.69, 9.17) is 4.98 Å². The largest absolute Gasteiger partial charge is 0.298 e. The summed E-state index contributed by atoms with van der Waals surface area (Å²) in [6.45, 7) is 4.00. The van der Waals surface area contributed by atoms with Gasteiger partial charge >= 0.3 is 0 Å². The first-order valence-electron chi connectivity index (χ1n) is 13.1. The lowest BCUT2D eigenvalue weighted by molar-refractivity contribution is 0.111. The van der Waals surface area contributed by atoms with Crippen molar-refractivity contribution in [2.75, 3.05) is 0 Å². The highest BCUT2D eigenvalue weighted by Gasteiger charge is 2.21. The molecule has 188 valence electrons. The Morgan fingerprint density at radius 2 is 1.21 bits per heavy atom. The van der Waals surface area contributed by atoms with Crippen molar-refractivity contribution >= 4 is 55.9 Å². The van der Waals surface area contributed by atoms with Gasteiger partial charge in [-0.25, -0.2) is 4.98 Å². The van der Waals surface area contributed by atoms with Gasteiger partial charge in [0.25, 0.3) is 0 Å². The predicted octanol–water partition coefficient (Wildman–Crippen LogP) is 8.80. The molecule has 0 N–H and O–H groups in total. The molecule has 0 aliphatic heterocycles. The second-order valence-corrected chi connectivity index (χ2v) is 9.18. The molecule has 0 atom stereocenters. The Morgan fingerprint density at radius 1 is 0.590 bits per heavy atom. The Kier molecular flexibility index (Phi) is 6.22. The van der Waals surface area contributed by atoms with Gasteiger partial charge in [-0.1, -0.05) is 98.8 Å². The molecule has 4 nitrogen and oxygen atoms in total. The van der Waals surface area contributed by atoms with Crippen LogP contribution in [0.3, 0.4) is 0 Å². The SMILES string of the molecule is CC.O=Cc1ccc2c(c1)c1cc(C=O)ccc1c1c2nc(-c2cccc3ccccc23)n1-c1ccccc1. The maximum atomic E-state index is 11.7. The lowest BCUT2D eigenvalue weighted by atomic mass is 9.97. The van der Waals surface area contributed by atoms with Crippen LogP contribution in [-0.4, -0.2) is 22.1 Å². The number of carbonyl (C=O) groups is 2. The maximum Gasteiger partial charge on any atom is 0.150 e. The van der Waals surface area contributed by atoms with Gasteiger partial charge in [-0.3, -0.25) is 14.2 Å². The Balaban J connectivity index is 0.00000135. The zero-order valence-corrected chi connectivity index (χ0v) is 21.8. The Hall–Kier alpha value is -5.09. The summed E-state index contributed by atoms with van der Waals surface area (Å²) in [6.07, 6.45) is 1.71. The zero-order chi connectivity index (χ0) is 26.9. The monoisotopic (exact) mass is 506 g/mol. The summed E-state index contributed by atoms with van der Waals surface area (Å²) >= 11 is 0. The molecule has 7 rings (SSSR count). The first kappa shape index (κ1) is 24.3. The van der Waals surface area contributed by atoms with Crippen LogP contribution in [0, 0.1) is 0 Å². The molecule has 0 spiro atoms. The number of fused-ring (bicyclic) bond motifs is 7. The molecule has 0 saturated heterocycles. The van der Waals surface area contributed by atoms with Crippen LogP contribution < -0.4 is 0 Å². The number of rotatable bonds is 4. The third-order valence-electron chi connectivity index (χ3n) is 7.08. The number of aromatic nitrogens is 2. The molecule has 6 aromatic carbocycles. The third kappa shape index (κ3) is 3.89. The van der Waals surface area contributed by atoms with Crippen LogP contribution in [0.2, 0.25) is 0 Å². The van der Waals surface area contributed by atoms with Gasteiger partial charge in [0.2, 0.25) is 0 Å². The molecule has 0 saturated carbocycles. The summed E-state index contributed by atoms with van der Waals surface area (Å²) in [7, 11) is 0. The van der Waals surface area contributed by atoms with E-state index < -0.39 is 0 Å². The van der Waals surface area contributed by atoms with Crippen molar-refractivity contribution in [3.05, 3.63) is 120 Å². The average molecular weight is 507 g/mol. The fourth-order valence-corrected chi connectivity index (χ4v) is 5.41. The van der Waals surface area contributed by atoms with E-state index >= 15 is 0 Å². The highest BCUT2D eigenvalue weighted by atomic mass is 16.1. The minimum Gasteiger partial charge on any atom is -0.298 e. The summed E-state index contributed by atoms with van der Waals surface area (Å²) in [5.74, 6) is 0.839. The zero-order valence-electron chi connectivity index (χ0n) is 21.8. The smallest absolute Gasteiger partial charge is 0.150 e. The minimum absolute atomic E-state index is 0.585. The molecule has 1 heterocycles. The Bertz CT molecular complexity index is 2020. The quantitative estimate of drug-likeness (QED) is 0.177. The fraction of sp³-hybridized carbons (Fsp3) is 0.0571. The third-order valence-corrected chi connectivity index (χ3v) is 7.08. The molecule has 0 unspecified atom stereocenters. The van der Waals surface area contributed by atoms with E-state index in [1.54, 1.807) is 0 Å². The van der Waals surface area contributed by atoms with Crippen LogP contribution >= 0.6 is 0 Å². The van der Waals surface area contributed by atoms with Crippen molar-refractivity contribution in [3.63, 3.8) is 0 Å². The van der Waals surface area contributed by atoms with E-state index in [2.05, 4.69) is 47.0 Å². The molecular weight excluding hydrogens is 480 g/mol. The maximum absolute atomic E-state index is 11.7. The molecule has 0 radical (unpaired) electrons. The van der Waals surface area contributed by atoms with Gasteiger partial charge in [-0.05, 0) is 45.8 Å². The van der Waals surface area contributed by atoms with Crippen LogP contribution in [0.15, 0.2) is 109 Å². The first-order valence-corrected chi connectivity index (χ1v) is 13.1. The van der Waals surface area contributed by atoms with Crippen molar-refractivity contribution in [2.24, 2.45) is 0 Å². The highest BCUT2D eigenvalue weighted by Crippen LogP contribution is 2.40. The van der Waals surface area contributed by atoms with Crippen LogP contribution in [0.5, 0.6) is 0 Å². The van der Waals surface area contributed by atoms with Gasteiger partial charge in [0.1, 0.15) is 18.4 Å². The highest BCUT2D eigenvalue weighted by molar-refractivity contribution is 6.25. The molecule has 7 aromatic rings. The van der Waals surface area contributed by atoms with Gasteiger partial charge < -0.3 is 0 Å². The topological polar surface area (TPSA) is 52.0 Å². The number of aldehydes is 2. The second-order valence-electron chi connectivity index (χ2n) is 9.18. The second kappa shape index (κ2) is 9.99. The van der Waals surface area contributed by atoms with Gasteiger partial charge in [-0.2, -0.15) is 0 Å². The normalized spacial score (nSPS) is 11.0. The van der Waals surface area contributed by atoms with Crippen LogP contribution in [0.1, 0.15) is 34.6 Å². The van der Waals surface area contributed by atoms with Crippen LogP contribution in [0.25, 0.3) is 60.4 Å². The van der Waals surface area contributed by atoms with E-state index in [-0.39, 0.29) is 0 Å².